The van der Waals surface area contributed by atoms with Crippen LogP contribution < -0.4 is 9.47 Å². The van der Waals surface area contributed by atoms with Crippen LogP contribution >= 0.6 is 0 Å². The van der Waals surface area contributed by atoms with Crippen molar-refractivity contribution in [2.45, 2.75) is 20.0 Å². The van der Waals surface area contributed by atoms with Gasteiger partial charge in [0, 0.05) is 0 Å². The topological polar surface area (TPSA) is 18.5 Å². The van der Waals surface area contributed by atoms with Crippen molar-refractivity contribution in [3.05, 3.63) is 60.2 Å². The molecule has 0 aliphatic heterocycles. The Morgan fingerprint density at radius 2 is 1.39 bits per heavy atom. The highest BCUT2D eigenvalue weighted by Crippen LogP contribution is 2.27. The predicted molar refractivity (Wildman–Crippen MR) is 73.0 cm³/mol. The fraction of sp³-hybridized carbons (Fsp3) is 0.250. The molecule has 0 aliphatic rings. The molecule has 0 aromatic heterocycles. The summed E-state index contributed by atoms with van der Waals surface area (Å²) < 4.78 is 11.4. The third kappa shape index (κ3) is 3.52. The standard InChI is InChI=1S/C16H18O2/c1-2-12-17-15-10-6-7-11-16(15)18-13-14-8-4-3-5-9-14/h3-11H,2,12-13H2,1H3. The zero-order valence-electron chi connectivity index (χ0n) is 10.6. The third-order valence-electron chi connectivity index (χ3n) is 2.55. The van der Waals surface area contributed by atoms with E-state index in [4.69, 9.17) is 9.47 Å². The molecule has 0 N–H and O–H groups in total. The highest BCUT2D eigenvalue weighted by Gasteiger charge is 2.03. The molecule has 0 unspecified atom stereocenters. The van der Waals surface area contributed by atoms with Gasteiger partial charge in [0.25, 0.3) is 0 Å². The lowest BCUT2D eigenvalue weighted by atomic mass is 10.2. The van der Waals surface area contributed by atoms with Crippen LogP contribution in [0.25, 0.3) is 0 Å². The second-order valence-corrected chi connectivity index (χ2v) is 4.07. The molecular formula is C16H18O2. The quantitative estimate of drug-likeness (QED) is 0.760. The summed E-state index contributed by atoms with van der Waals surface area (Å²) >= 11 is 0. The molecule has 0 saturated heterocycles. The van der Waals surface area contributed by atoms with Crippen molar-refractivity contribution in [2.24, 2.45) is 0 Å². The monoisotopic (exact) mass is 242 g/mol. The fourth-order valence-corrected chi connectivity index (χ4v) is 1.64. The van der Waals surface area contributed by atoms with Gasteiger partial charge in [-0.15, -0.1) is 0 Å². The van der Waals surface area contributed by atoms with E-state index in [1.807, 2.05) is 42.5 Å². The maximum atomic E-state index is 5.80. The van der Waals surface area contributed by atoms with Crippen molar-refractivity contribution in [3.63, 3.8) is 0 Å². The molecule has 0 spiro atoms. The normalized spacial score (nSPS) is 10.1. The molecule has 2 rings (SSSR count). The SMILES string of the molecule is CCCOc1ccccc1OCc1ccccc1. The Hall–Kier alpha value is -1.96. The molecule has 0 saturated carbocycles. The third-order valence-corrected chi connectivity index (χ3v) is 2.55. The van der Waals surface area contributed by atoms with Gasteiger partial charge in [0.2, 0.25) is 0 Å². The van der Waals surface area contributed by atoms with Gasteiger partial charge in [-0.1, -0.05) is 49.4 Å². The molecule has 0 atom stereocenters. The van der Waals surface area contributed by atoms with Gasteiger partial charge in [0.1, 0.15) is 6.61 Å². The van der Waals surface area contributed by atoms with E-state index < -0.39 is 0 Å². The van der Waals surface area contributed by atoms with Crippen molar-refractivity contribution in [3.8, 4) is 11.5 Å². The van der Waals surface area contributed by atoms with Gasteiger partial charge in [-0.05, 0) is 24.1 Å². The number of para-hydroxylation sites is 2. The van der Waals surface area contributed by atoms with Crippen LogP contribution in [0.1, 0.15) is 18.9 Å². The molecule has 18 heavy (non-hydrogen) atoms. The second kappa shape index (κ2) is 6.70. The summed E-state index contributed by atoms with van der Waals surface area (Å²) in [5.41, 5.74) is 1.16. The second-order valence-electron chi connectivity index (χ2n) is 4.07. The molecule has 2 heteroatoms. The molecule has 0 amide bonds. The van der Waals surface area contributed by atoms with E-state index in [2.05, 4.69) is 19.1 Å². The average Bonchev–Trinajstić information content (AvgIpc) is 2.45. The van der Waals surface area contributed by atoms with Gasteiger partial charge >= 0.3 is 0 Å². The first-order valence-corrected chi connectivity index (χ1v) is 6.28. The zero-order valence-corrected chi connectivity index (χ0v) is 10.6. The van der Waals surface area contributed by atoms with E-state index in [1.165, 1.54) is 0 Å². The van der Waals surface area contributed by atoms with Gasteiger partial charge in [-0.25, -0.2) is 0 Å². The number of rotatable bonds is 6. The van der Waals surface area contributed by atoms with Gasteiger partial charge in [-0.2, -0.15) is 0 Å². The molecule has 2 nitrogen and oxygen atoms in total. The molecule has 0 heterocycles. The molecule has 0 fully saturated rings. The molecule has 94 valence electrons. The molecule has 0 radical (unpaired) electrons. The molecule has 2 aromatic carbocycles. The van der Waals surface area contributed by atoms with Gasteiger partial charge < -0.3 is 9.47 Å². The largest absolute Gasteiger partial charge is 0.490 e. The van der Waals surface area contributed by atoms with Crippen molar-refractivity contribution < 1.29 is 9.47 Å². The van der Waals surface area contributed by atoms with Crippen LogP contribution in [-0.4, -0.2) is 6.61 Å². The highest BCUT2D eigenvalue weighted by molar-refractivity contribution is 5.39. The van der Waals surface area contributed by atoms with Crippen LogP contribution in [-0.2, 0) is 6.61 Å². The van der Waals surface area contributed by atoms with E-state index in [-0.39, 0.29) is 0 Å². The lowest BCUT2D eigenvalue weighted by Crippen LogP contribution is -2.00. The Kier molecular flexibility index (Phi) is 4.65. The number of hydrogen-bond acceptors (Lipinski definition) is 2. The first-order valence-electron chi connectivity index (χ1n) is 6.28. The van der Waals surface area contributed by atoms with Gasteiger partial charge in [0.05, 0.1) is 6.61 Å². The lowest BCUT2D eigenvalue weighted by Gasteiger charge is -2.12. The fourth-order valence-electron chi connectivity index (χ4n) is 1.64. The summed E-state index contributed by atoms with van der Waals surface area (Å²) in [6.45, 7) is 3.37. The van der Waals surface area contributed by atoms with Crippen molar-refractivity contribution in [1.82, 2.24) is 0 Å². The molecule has 0 bridgehead atoms. The van der Waals surface area contributed by atoms with Crippen LogP contribution in [0.4, 0.5) is 0 Å². The van der Waals surface area contributed by atoms with Crippen molar-refractivity contribution in [1.29, 1.82) is 0 Å². The lowest BCUT2D eigenvalue weighted by molar-refractivity contribution is 0.262. The average molecular weight is 242 g/mol. The Labute approximate surface area is 108 Å². The Balaban J connectivity index is 2.00. The maximum Gasteiger partial charge on any atom is 0.161 e. The van der Waals surface area contributed by atoms with E-state index in [0.29, 0.717) is 13.2 Å². The first-order chi connectivity index (χ1) is 8.90. The molecular weight excluding hydrogens is 224 g/mol. The summed E-state index contributed by atoms with van der Waals surface area (Å²) in [5, 5.41) is 0. The summed E-state index contributed by atoms with van der Waals surface area (Å²) in [6.07, 6.45) is 0.993. The summed E-state index contributed by atoms with van der Waals surface area (Å²) in [5.74, 6) is 1.62. The number of hydrogen-bond donors (Lipinski definition) is 0. The highest BCUT2D eigenvalue weighted by atomic mass is 16.5. The summed E-state index contributed by atoms with van der Waals surface area (Å²) in [7, 11) is 0. The van der Waals surface area contributed by atoms with Crippen molar-refractivity contribution in [2.75, 3.05) is 6.61 Å². The molecule has 0 aliphatic carbocycles. The van der Waals surface area contributed by atoms with Crippen LogP contribution in [0.15, 0.2) is 54.6 Å². The summed E-state index contributed by atoms with van der Waals surface area (Å²) in [4.78, 5) is 0. The van der Waals surface area contributed by atoms with Gasteiger partial charge in [-0.3, -0.25) is 0 Å². The van der Waals surface area contributed by atoms with Crippen molar-refractivity contribution >= 4 is 0 Å². The number of ether oxygens (including phenoxy) is 2. The van der Waals surface area contributed by atoms with Gasteiger partial charge in [0.15, 0.2) is 11.5 Å². The van der Waals surface area contributed by atoms with E-state index >= 15 is 0 Å². The Morgan fingerprint density at radius 3 is 2.06 bits per heavy atom. The molecule has 2 aromatic rings. The van der Waals surface area contributed by atoms with Crippen LogP contribution in [0.5, 0.6) is 11.5 Å². The minimum atomic E-state index is 0.563. The van der Waals surface area contributed by atoms with Crippen LogP contribution in [0, 0.1) is 0 Å². The zero-order chi connectivity index (χ0) is 12.6. The van der Waals surface area contributed by atoms with E-state index in [0.717, 1.165) is 23.5 Å². The summed E-state index contributed by atoms with van der Waals surface area (Å²) in [6, 6.07) is 17.9. The smallest absolute Gasteiger partial charge is 0.161 e. The first kappa shape index (κ1) is 12.5. The Bertz CT molecular complexity index is 466. The van der Waals surface area contributed by atoms with E-state index in [1.54, 1.807) is 0 Å². The van der Waals surface area contributed by atoms with Crippen LogP contribution in [0.3, 0.4) is 0 Å². The van der Waals surface area contributed by atoms with E-state index in [9.17, 15) is 0 Å². The predicted octanol–water partition coefficient (Wildman–Crippen LogP) is 4.05. The Morgan fingerprint density at radius 1 is 0.778 bits per heavy atom. The number of benzene rings is 2. The minimum Gasteiger partial charge on any atom is -0.490 e. The van der Waals surface area contributed by atoms with Crippen LogP contribution in [0.2, 0.25) is 0 Å². The maximum absolute atomic E-state index is 5.80. The minimum absolute atomic E-state index is 0.563.